The third-order valence-electron chi connectivity index (χ3n) is 3.58. The van der Waals surface area contributed by atoms with E-state index in [1.165, 1.54) is 18.3 Å². The van der Waals surface area contributed by atoms with Gasteiger partial charge in [-0.15, -0.1) is 5.10 Å². The summed E-state index contributed by atoms with van der Waals surface area (Å²) in [6.07, 6.45) is -2.96. The topological polar surface area (TPSA) is 62.7 Å². The number of nitrogens with one attached hydrogen (secondary N) is 2. The Hall–Kier alpha value is -3.16. The molecule has 5 nitrogen and oxygen atoms in total. The third kappa shape index (κ3) is 4.69. The first-order valence-electron chi connectivity index (χ1n) is 7.83. The number of alkyl halides is 3. The SMILES string of the molecule is Cc1cccc(CNc2nncc(Nc3ccc(C(F)(F)F)cc3)n2)c1. The Kier molecular flexibility index (Phi) is 5.01. The van der Waals surface area contributed by atoms with E-state index in [-0.39, 0.29) is 0 Å². The molecule has 3 aromatic rings. The van der Waals surface area contributed by atoms with Crippen molar-refractivity contribution in [2.45, 2.75) is 19.6 Å². The van der Waals surface area contributed by atoms with Crippen molar-refractivity contribution in [2.75, 3.05) is 10.6 Å². The van der Waals surface area contributed by atoms with Gasteiger partial charge in [0.2, 0.25) is 5.95 Å². The number of aromatic nitrogens is 3. The summed E-state index contributed by atoms with van der Waals surface area (Å²) in [5.41, 5.74) is 2.00. The molecule has 26 heavy (non-hydrogen) atoms. The summed E-state index contributed by atoms with van der Waals surface area (Å²) in [5, 5.41) is 13.7. The number of nitrogens with zero attached hydrogens (tertiary/aromatic N) is 3. The minimum atomic E-state index is -4.36. The Labute approximate surface area is 148 Å². The number of anilines is 3. The molecule has 0 fully saturated rings. The largest absolute Gasteiger partial charge is 0.416 e. The fourth-order valence-electron chi connectivity index (χ4n) is 2.33. The maximum Gasteiger partial charge on any atom is 0.416 e. The van der Waals surface area contributed by atoms with Crippen LogP contribution in [-0.2, 0) is 12.7 Å². The summed E-state index contributed by atoms with van der Waals surface area (Å²) in [6.45, 7) is 2.54. The molecule has 8 heteroatoms. The van der Waals surface area contributed by atoms with E-state index < -0.39 is 11.7 Å². The Morgan fingerprint density at radius 1 is 1.04 bits per heavy atom. The van der Waals surface area contributed by atoms with E-state index in [4.69, 9.17) is 0 Å². The third-order valence-corrected chi connectivity index (χ3v) is 3.58. The summed E-state index contributed by atoms with van der Waals surface area (Å²) in [6, 6.07) is 12.7. The molecule has 0 aliphatic heterocycles. The summed E-state index contributed by atoms with van der Waals surface area (Å²) < 4.78 is 37.8. The molecule has 0 bridgehead atoms. The minimum absolute atomic E-state index is 0.323. The van der Waals surface area contributed by atoms with Gasteiger partial charge in [-0.05, 0) is 36.8 Å². The van der Waals surface area contributed by atoms with Gasteiger partial charge in [0, 0.05) is 12.2 Å². The molecule has 3 rings (SSSR count). The van der Waals surface area contributed by atoms with Gasteiger partial charge in [0.15, 0.2) is 5.82 Å². The number of benzene rings is 2. The van der Waals surface area contributed by atoms with Gasteiger partial charge in [0.25, 0.3) is 0 Å². The molecule has 0 radical (unpaired) electrons. The lowest BCUT2D eigenvalue weighted by molar-refractivity contribution is -0.137. The van der Waals surface area contributed by atoms with Crippen LogP contribution in [0.1, 0.15) is 16.7 Å². The molecule has 0 atom stereocenters. The first kappa shape index (κ1) is 17.7. The second-order valence-electron chi connectivity index (χ2n) is 5.71. The van der Waals surface area contributed by atoms with Crippen LogP contribution in [0.2, 0.25) is 0 Å². The van der Waals surface area contributed by atoms with E-state index in [2.05, 4.69) is 25.8 Å². The van der Waals surface area contributed by atoms with Gasteiger partial charge in [-0.3, -0.25) is 0 Å². The molecule has 0 spiro atoms. The van der Waals surface area contributed by atoms with Crippen LogP contribution < -0.4 is 10.6 Å². The predicted octanol–water partition coefficient (Wildman–Crippen LogP) is 4.55. The molecule has 1 aromatic heterocycles. The van der Waals surface area contributed by atoms with Gasteiger partial charge in [-0.1, -0.05) is 29.8 Å². The molecule has 0 aliphatic rings. The van der Waals surface area contributed by atoms with E-state index in [0.717, 1.165) is 23.3 Å². The predicted molar refractivity (Wildman–Crippen MR) is 93.1 cm³/mol. The minimum Gasteiger partial charge on any atom is -0.349 e. The lowest BCUT2D eigenvalue weighted by Crippen LogP contribution is -2.07. The van der Waals surface area contributed by atoms with Crippen molar-refractivity contribution in [3.8, 4) is 0 Å². The number of hydrogen-bond donors (Lipinski definition) is 2. The zero-order chi connectivity index (χ0) is 18.6. The molecule has 0 saturated carbocycles. The highest BCUT2D eigenvalue weighted by molar-refractivity contribution is 5.56. The van der Waals surface area contributed by atoms with E-state index in [9.17, 15) is 13.2 Å². The first-order chi connectivity index (χ1) is 12.4. The lowest BCUT2D eigenvalue weighted by atomic mass is 10.1. The highest BCUT2D eigenvalue weighted by Crippen LogP contribution is 2.30. The van der Waals surface area contributed by atoms with Crippen molar-refractivity contribution in [3.63, 3.8) is 0 Å². The number of aryl methyl sites for hydroxylation is 1. The van der Waals surface area contributed by atoms with Crippen LogP contribution in [0.25, 0.3) is 0 Å². The maximum atomic E-state index is 12.6. The van der Waals surface area contributed by atoms with E-state index in [1.807, 2.05) is 31.2 Å². The van der Waals surface area contributed by atoms with Crippen LogP contribution in [0.4, 0.5) is 30.6 Å². The number of rotatable bonds is 5. The molecule has 0 amide bonds. The second kappa shape index (κ2) is 7.38. The van der Waals surface area contributed by atoms with Crippen molar-refractivity contribution < 1.29 is 13.2 Å². The molecule has 0 aliphatic carbocycles. The van der Waals surface area contributed by atoms with Crippen molar-refractivity contribution in [2.24, 2.45) is 0 Å². The molecule has 0 saturated heterocycles. The van der Waals surface area contributed by atoms with Gasteiger partial charge in [0.05, 0.1) is 11.8 Å². The molecule has 1 heterocycles. The zero-order valence-corrected chi connectivity index (χ0v) is 13.9. The van der Waals surface area contributed by atoms with Gasteiger partial charge in [0.1, 0.15) is 0 Å². The normalized spacial score (nSPS) is 11.2. The molecule has 2 aromatic carbocycles. The fraction of sp³-hybridized carbons (Fsp3) is 0.167. The lowest BCUT2D eigenvalue weighted by Gasteiger charge is -2.10. The summed E-state index contributed by atoms with van der Waals surface area (Å²) in [7, 11) is 0. The maximum absolute atomic E-state index is 12.6. The molecule has 2 N–H and O–H groups in total. The van der Waals surface area contributed by atoms with Crippen LogP contribution in [0.5, 0.6) is 0 Å². The van der Waals surface area contributed by atoms with Crippen LogP contribution in [0, 0.1) is 6.92 Å². The van der Waals surface area contributed by atoms with E-state index in [0.29, 0.717) is 24.0 Å². The monoisotopic (exact) mass is 359 g/mol. The summed E-state index contributed by atoms with van der Waals surface area (Å²) in [5.74, 6) is 0.704. The number of hydrogen-bond acceptors (Lipinski definition) is 5. The Morgan fingerprint density at radius 2 is 1.81 bits per heavy atom. The summed E-state index contributed by atoms with van der Waals surface area (Å²) >= 11 is 0. The molecular formula is C18H16F3N5. The van der Waals surface area contributed by atoms with Crippen molar-refractivity contribution in [1.29, 1.82) is 0 Å². The van der Waals surface area contributed by atoms with Crippen LogP contribution in [-0.4, -0.2) is 15.2 Å². The first-order valence-corrected chi connectivity index (χ1v) is 7.83. The van der Waals surface area contributed by atoms with E-state index >= 15 is 0 Å². The molecular weight excluding hydrogens is 343 g/mol. The van der Waals surface area contributed by atoms with E-state index in [1.54, 1.807) is 0 Å². The van der Waals surface area contributed by atoms with Crippen molar-refractivity contribution >= 4 is 17.5 Å². The Morgan fingerprint density at radius 3 is 2.50 bits per heavy atom. The van der Waals surface area contributed by atoms with Crippen molar-refractivity contribution in [1.82, 2.24) is 15.2 Å². The standard InChI is InChI=1S/C18H16F3N5/c1-12-3-2-4-13(9-12)10-22-17-25-16(11-23-26-17)24-15-7-5-14(6-8-15)18(19,20)21/h2-9,11H,10H2,1H3,(H2,22,24,25,26). The van der Waals surface area contributed by atoms with Gasteiger partial charge < -0.3 is 10.6 Å². The Bertz CT molecular complexity index is 878. The zero-order valence-electron chi connectivity index (χ0n) is 13.9. The summed E-state index contributed by atoms with van der Waals surface area (Å²) in [4.78, 5) is 4.26. The van der Waals surface area contributed by atoms with Crippen LogP contribution in [0.15, 0.2) is 54.7 Å². The Balaban J connectivity index is 1.65. The van der Waals surface area contributed by atoms with Crippen molar-refractivity contribution in [3.05, 3.63) is 71.4 Å². The van der Waals surface area contributed by atoms with Gasteiger partial charge in [-0.25, -0.2) is 0 Å². The highest BCUT2D eigenvalue weighted by atomic mass is 19.4. The molecule has 134 valence electrons. The highest BCUT2D eigenvalue weighted by Gasteiger charge is 2.29. The van der Waals surface area contributed by atoms with Gasteiger partial charge >= 0.3 is 6.18 Å². The number of halogens is 3. The quantitative estimate of drug-likeness (QED) is 0.699. The van der Waals surface area contributed by atoms with Crippen LogP contribution in [0.3, 0.4) is 0 Å². The average Bonchev–Trinajstić information content (AvgIpc) is 2.60. The molecule has 0 unspecified atom stereocenters. The second-order valence-corrected chi connectivity index (χ2v) is 5.71. The van der Waals surface area contributed by atoms with Gasteiger partial charge in [-0.2, -0.15) is 23.3 Å². The fourth-order valence-corrected chi connectivity index (χ4v) is 2.33. The average molecular weight is 359 g/mol. The van der Waals surface area contributed by atoms with Crippen LogP contribution >= 0.6 is 0 Å². The smallest absolute Gasteiger partial charge is 0.349 e.